The van der Waals surface area contributed by atoms with Crippen molar-refractivity contribution in [2.75, 3.05) is 10.7 Å². The Morgan fingerprint density at radius 3 is 2.13 bits per heavy atom. The summed E-state index contributed by atoms with van der Waals surface area (Å²) in [5.74, 6) is 0. The molecule has 0 N–H and O–H groups in total. The van der Waals surface area contributed by atoms with E-state index in [9.17, 15) is 0 Å². The Hall–Kier alpha value is 1.57. The molecule has 0 aliphatic rings. The summed E-state index contributed by atoms with van der Waals surface area (Å²) in [4.78, 5) is -0.375. The molecule has 0 unspecified atom stereocenters. The first-order valence-electron chi connectivity index (χ1n) is 4.64. The number of hydrogen-bond donors (Lipinski definition) is 0. The van der Waals surface area contributed by atoms with Crippen molar-refractivity contribution >= 4 is 66.7 Å². The van der Waals surface area contributed by atoms with Gasteiger partial charge in [-0.05, 0) is 32.3 Å². The quantitative estimate of drug-likeness (QED) is 0.503. The standard InChI is InChI=1S/C10H15Br2Cl3/c1-10(2,15)9(14)4-3-7(5-11)8(13)6-12/h9H,3-6H2,1-2H3/b8-7-/t9-/m1/s1. The Kier molecular flexibility index (Phi) is 8.63. The van der Waals surface area contributed by atoms with Crippen LogP contribution in [0.15, 0.2) is 10.6 Å². The van der Waals surface area contributed by atoms with Gasteiger partial charge in [0.25, 0.3) is 0 Å². The number of halogens is 5. The molecule has 0 aromatic rings. The van der Waals surface area contributed by atoms with E-state index in [1.807, 2.05) is 13.8 Å². The van der Waals surface area contributed by atoms with E-state index in [-0.39, 0.29) is 10.3 Å². The summed E-state index contributed by atoms with van der Waals surface area (Å²) < 4.78 is 0. The van der Waals surface area contributed by atoms with Gasteiger partial charge in [0.2, 0.25) is 0 Å². The third-order valence-electron chi connectivity index (χ3n) is 2.11. The summed E-state index contributed by atoms with van der Waals surface area (Å²) in [6.07, 6.45) is 1.71. The van der Waals surface area contributed by atoms with Crippen molar-refractivity contribution in [2.24, 2.45) is 0 Å². The summed E-state index contributed by atoms with van der Waals surface area (Å²) in [6, 6.07) is 0. The van der Waals surface area contributed by atoms with Crippen LogP contribution in [0.1, 0.15) is 26.7 Å². The zero-order valence-electron chi connectivity index (χ0n) is 8.80. The van der Waals surface area contributed by atoms with E-state index in [0.717, 1.165) is 23.2 Å². The number of allylic oxidation sites excluding steroid dienone is 2. The lowest BCUT2D eigenvalue weighted by Crippen LogP contribution is -2.25. The molecule has 15 heavy (non-hydrogen) atoms. The van der Waals surface area contributed by atoms with Gasteiger partial charge in [-0.25, -0.2) is 0 Å². The summed E-state index contributed by atoms with van der Waals surface area (Å²) >= 11 is 25.1. The van der Waals surface area contributed by atoms with Gasteiger partial charge in [0.15, 0.2) is 0 Å². The largest absolute Gasteiger partial charge is 0.121 e. The van der Waals surface area contributed by atoms with Crippen molar-refractivity contribution in [3.8, 4) is 0 Å². The maximum atomic E-state index is 6.18. The van der Waals surface area contributed by atoms with Crippen LogP contribution in [0.3, 0.4) is 0 Å². The Bertz CT molecular complexity index is 221. The highest BCUT2D eigenvalue weighted by molar-refractivity contribution is 9.09. The lowest BCUT2D eigenvalue weighted by molar-refractivity contribution is 0.599. The van der Waals surface area contributed by atoms with E-state index < -0.39 is 0 Å². The van der Waals surface area contributed by atoms with E-state index in [1.165, 1.54) is 5.57 Å². The fraction of sp³-hybridized carbons (Fsp3) is 0.800. The highest BCUT2D eigenvalue weighted by Crippen LogP contribution is 2.29. The molecule has 90 valence electrons. The molecule has 0 saturated carbocycles. The zero-order valence-corrected chi connectivity index (χ0v) is 14.2. The second-order valence-corrected chi connectivity index (χ2v) is 6.93. The first kappa shape index (κ1) is 16.6. The Labute approximate surface area is 124 Å². The van der Waals surface area contributed by atoms with Crippen molar-refractivity contribution < 1.29 is 0 Å². The van der Waals surface area contributed by atoms with E-state index in [4.69, 9.17) is 34.8 Å². The molecular weight excluding hydrogens is 386 g/mol. The van der Waals surface area contributed by atoms with Crippen LogP contribution in [0.5, 0.6) is 0 Å². The minimum atomic E-state index is -0.375. The first-order valence-corrected chi connectivity index (χ1v) is 8.07. The second kappa shape index (κ2) is 7.81. The molecule has 0 saturated heterocycles. The van der Waals surface area contributed by atoms with E-state index in [2.05, 4.69) is 31.9 Å². The van der Waals surface area contributed by atoms with Crippen LogP contribution >= 0.6 is 66.7 Å². The Morgan fingerprint density at radius 1 is 1.27 bits per heavy atom. The maximum Gasteiger partial charge on any atom is 0.0553 e. The maximum absolute atomic E-state index is 6.18. The summed E-state index contributed by atoms with van der Waals surface area (Å²) in [7, 11) is 0. The number of alkyl halides is 4. The average Bonchev–Trinajstić information content (AvgIpc) is 2.16. The lowest BCUT2D eigenvalue weighted by Gasteiger charge is -2.23. The van der Waals surface area contributed by atoms with Gasteiger partial charge in [-0.3, -0.25) is 0 Å². The minimum Gasteiger partial charge on any atom is -0.121 e. The Balaban J connectivity index is 4.25. The molecule has 0 radical (unpaired) electrons. The highest BCUT2D eigenvalue weighted by Gasteiger charge is 2.24. The molecule has 0 bridgehead atoms. The van der Waals surface area contributed by atoms with Crippen molar-refractivity contribution in [2.45, 2.75) is 36.9 Å². The first-order chi connectivity index (χ1) is 6.82. The van der Waals surface area contributed by atoms with Gasteiger partial charge in [-0.15, -0.1) is 23.2 Å². The predicted molar refractivity (Wildman–Crippen MR) is 79.3 cm³/mol. The molecule has 0 aromatic heterocycles. The Morgan fingerprint density at radius 2 is 1.80 bits per heavy atom. The summed E-state index contributed by atoms with van der Waals surface area (Å²) in [5, 5.41) is 2.27. The fourth-order valence-corrected chi connectivity index (χ4v) is 2.57. The molecule has 1 atom stereocenters. The van der Waals surface area contributed by atoms with Gasteiger partial charge in [0, 0.05) is 15.7 Å². The van der Waals surface area contributed by atoms with Crippen molar-refractivity contribution in [3.05, 3.63) is 10.6 Å². The third kappa shape index (κ3) is 6.78. The van der Waals surface area contributed by atoms with E-state index in [1.54, 1.807) is 0 Å². The average molecular weight is 401 g/mol. The van der Waals surface area contributed by atoms with Gasteiger partial charge >= 0.3 is 0 Å². The molecule has 0 spiro atoms. The van der Waals surface area contributed by atoms with Crippen LogP contribution in [-0.2, 0) is 0 Å². The summed E-state index contributed by atoms with van der Waals surface area (Å²) in [6.45, 7) is 3.85. The molecule has 0 heterocycles. The third-order valence-corrected chi connectivity index (χ3v) is 5.21. The van der Waals surface area contributed by atoms with E-state index >= 15 is 0 Å². The number of rotatable bonds is 6. The SMILES string of the molecule is CC(C)(Cl)[C@H](Cl)CC/C(CBr)=C(/Cl)CBr. The number of hydrogen-bond acceptors (Lipinski definition) is 0. The predicted octanol–water partition coefficient (Wildman–Crippen LogP) is 5.67. The van der Waals surface area contributed by atoms with Crippen LogP contribution in [0.25, 0.3) is 0 Å². The zero-order chi connectivity index (χ0) is 12.1. The minimum absolute atomic E-state index is 0.0481. The monoisotopic (exact) mass is 398 g/mol. The molecule has 0 fully saturated rings. The lowest BCUT2D eigenvalue weighted by atomic mass is 10.0. The van der Waals surface area contributed by atoms with Crippen molar-refractivity contribution in [3.63, 3.8) is 0 Å². The van der Waals surface area contributed by atoms with E-state index in [0.29, 0.717) is 5.33 Å². The normalized spacial score (nSPS) is 16.2. The van der Waals surface area contributed by atoms with Gasteiger partial charge in [0.05, 0.1) is 10.3 Å². The van der Waals surface area contributed by atoms with Crippen LogP contribution in [0.2, 0.25) is 0 Å². The van der Waals surface area contributed by atoms with Gasteiger partial charge in [-0.2, -0.15) is 0 Å². The molecule has 0 aliphatic carbocycles. The van der Waals surface area contributed by atoms with Crippen LogP contribution < -0.4 is 0 Å². The van der Waals surface area contributed by atoms with Crippen molar-refractivity contribution in [1.82, 2.24) is 0 Å². The van der Waals surface area contributed by atoms with Crippen LogP contribution in [0.4, 0.5) is 0 Å². The van der Waals surface area contributed by atoms with Crippen LogP contribution in [-0.4, -0.2) is 20.9 Å². The highest BCUT2D eigenvalue weighted by atomic mass is 79.9. The second-order valence-electron chi connectivity index (χ2n) is 3.85. The molecular formula is C10H15Br2Cl3. The fourth-order valence-electron chi connectivity index (χ4n) is 1.01. The van der Waals surface area contributed by atoms with Crippen LogP contribution in [0, 0.1) is 0 Å². The van der Waals surface area contributed by atoms with Gasteiger partial charge in [0.1, 0.15) is 0 Å². The molecule has 0 aliphatic heterocycles. The smallest absolute Gasteiger partial charge is 0.0553 e. The van der Waals surface area contributed by atoms with Gasteiger partial charge < -0.3 is 0 Å². The topological polar surface area (TPSA) is 0 Å². The molecule has 0 rings (SSSR count). The van der Waals surface area contributed by atoms with Gasteiger partial charge in [-0.1, -0.05) is 43.5 Å². The molecule has 0 aromatic carbocycles. The molecule has 0 nitrogen and oxygen atoms in total. The molecule has 5 heteroatoms. The van der Waals surface area contributed by atoms with Crippen molar-refractivity contribution in [1.29, 1.82) is 0 Å². The summed E-state index contributed by atoms with van der Waals surface area (Å²) in [5.41, 5.74) is 1.18. The molecule has 0 amide bonds.